The fraction of sp³-hybridized carbons (Fsp3) is 0.562. The molecule has 1 unspecified atom stereocenters. The number of hydrogen-bond donors (Lipinski definition) is 0. The van der Waals surface area contributed by atoms with Gasteiger partial charge in [-0.15, -0.1) is 0 Å². The molecule has 0 aliphatic heterocycles. The fourth-order valence-electron chi connectivity index (χ4n) is 2.32. The molecule has 7 heteroatoms. The Morgan fingerprint density at radius 1 is 1.39 bits per heavy atom. The van der Waals surface area contributed by atoms with E-state index >= 15 is 0 Å². The third-order valence-corrected chi connectivity index (χ3v) is 4.06. The lowest BCUT2D eigenvalue weighted by atomic mass is 9.97. The maximum atomic E-state index is 11.8. The lowest BCUT2D eigenvalue weighted by molar-refractivity contribution is -0.386. The van der Waals surface area contributed by atoms with E-state index in [0.29, 0.717) is 18.2 Å². The Bertz CT molecular complexity index is 574. The van der Waals surface area contributed by atoms with Gasteiger partial charge in [0.25, 0.3) is 0 Å². The van der Waals surface area contributed by atoms with Gasteiger partial charge in [-0.25, -0.2) is 4.79 Å². The Balaban J connectivity index is 3.20. The number of aryl methyl sites for hydroxylation is 1. The number of esters is 1. The van der Waals surface area contributed by atoms with Crippen molar-refractivity contribution in [1.29, 1.82) is 0 Å². The molecule has 0 aromatic heterocycles. The molecule has 0 fully saturated rings. The van der Waals surface area contributed by atoms with Crippen LogP contribution < -0.4 is 4.74 Å². The molecule has 1 atom stereocenters. The summed E-state index contributed by atoms with van der Waals surface area (Å²) in [6.07, 6.45) is 0.247. The number of hydrogen-bond acceptors (Lipinski definition) is 5. The molecule has 6 nitrogen and oxygen atoms in total. The van der Waals surface area contributed by atoms with E-state index in [1.807, 2.05) is 20.8 Å². The predicted octanol–water partition coefficient (Wildman–Crippen LogP) is 4.12. The molecule has 1 aromatic rings. The van der Waals surface area contributed by atoms with Crippen molar-refractivity contribution in [3.63, 3.8) is 0 Å². The third-order valence-electron chi connectivity index (χ3n) is 3.50. The highest BCUT2D eigenvalue weighted by atomic mass is 79.9. The lowest BCUT2D eigenvalue weighted by Gasteiger charge is -2.18. The molecule has 1 rings (SSSR count). The number of nitrogens with zero attached hydrogens (tertiary/aromatic N) is 1. The summed E-state index contributed by atoms with van der Waals surface area (Å²) in [5.41, 5.74) is 1.65. The van der Waals surface area contributed by atoms with Gasteiger partial charge in [-0.05, 0) is 42.9 Å². The van der Waals surface area contributed by atoms with E-state index in [2.05, 4.69) is 15.9 Å². The Morgan fingerprint density at radius 3 is 2.52 bits per heavy atom. The molecule has 0 bridgehead atoms. The first-order valence-corrected chi connectivity index (χ1v) is 8.53. The molecule has 0 aliphatic rings. The second-order valence-electron chi connectivity index (χ2n) is 5.55. The van der Waals surface area contributed by atoms with Crippen molar-refractivity contribution in [1.82, 2.24) is 0 Å². The number of alkyl halides is 1. The summed E-state index contributed by atoms with van der Waals surface area (Å²) in [5, 5.41) is 12.1. The van der Waals surface area contributed by atoms with Gasteiger partial charge in [-0.1, -0.05) is 29.8 Å². The average molecular weight is 388 g/mol. The Kier molecular flexibility index (Phi) is 7.48. The second-order valence-corrected chi connectivity index (χ2v) is 6.34. The topological polar surface area (TPSA) is 78.7 Å². The van der Waals surface area contributed by atoms with E-state index in [4.69, 9.17) is 9.47 Å². The predicted molar refractivity (Wildman–Crippen MR) is 91.4 cm³/mol. The van der Waals surface area contributed by atoms with Crippen LogP contribution in [0.4, 0.5) is 5.69 Å². The number of carbonyl (C=O) groups is 1. The van der Waals surface area contributed by atoms with Gasteiger partial charge in [0.1, 0.15) is 0 Å². The van der Waals surface area contributed by atoms with Gasteiger partial charge in [0.15, 0.2) is 11.9 Å². The molecule has 0 saturated carbocycles. The summed E-state index contributed by atoms with van der Waals surface area (Å²) in [4.78, 5) is 22.7. The largest absolute Gasteiger partial charge is 0.472 e. The molecule has 0 aliphatic carbocycles. The number of nitro groups is 1. The van der Waals surface area contributed by atoms with Gasteiger partial charge in [0.2, 0.25) is 0 Å². The van der Waals surface area contributed by atoms with Crippen LogP contribution >= 0.6 is 15.9 Å². The summed E-state index contributed by atoms with van der Waals surface area (Å²) < 4.78 is 10.4. The molecule has 0 N–H and O–H groups in total. The highest BCUT2D eigenvalue weighted by molar-refractivity contribution is 9.09. The van der Waals surface area contributed by atoms with Crippen LogP contribution in [0.25, 0.3) is 0 Å². The Labute approximate surface area is 144 Å². The van der Waals surface area contributed by atoms with Gasteiger partial charge in [-0.2, -0.15) is 0 Å². The monoisotopic (exact) mass is 387 g/mol. The number of benzene rings is 1. The summed E-state index contributed by atoms with van der Waals surface area (Å²) in [6.45, 7) is 5.82. The molecule has 0 radical (unpaired) electrons. The van der Waals surface area contributed by atoms with Crippen molar-refractivity contribution in [3.8, 4) is 5.75 Å². The first-order valence-electron chi connectivity index (χ1n) is 7.41. The first-order chi connectivity index (χ1) is 10.8. The van der Waals surface area contributed by atoms with Crippen molar-refractivity contribution >= 4 is 27.6 Å². The van der Waals surface area contributed by atoms with E-state index in [9.17, 15) is 14.9 Å². The number of ether oxygens (including phenoxy) is 2. The van der Waals surface area contributed by atoms with Gasteiger partial charge < -0.3 is 9.47 Å². The van der Waals surface area contributed by atoms with Crippen molar-refractivity contribution < 1.29 is 19.2 Å². The minimum absolute atomic E-state index is 0.0990. The number of carbonyl (C=O) groups excluding carboxylic acids is 1. The van der Waals surface area contributed by atoms with Gasteiger partial charge in [0, 0.05) is 11.4 Å². The summed E-state index contributed by atoms with van der Waals surface area (Å²) in [5.74, 6) is -0.278. The maximum Gasteiger partial charge on any atom is 0.347 e. The van der Waals surface area contributed by atoms with E-state index in [1.54, 1.807) is 6.07 Å². The normalized spacial score (nSPS) is 12.1. The first kappa shape index (κ1) is 19.4. The number of halogens is 1. The van der Waals surface area contributed by atoms with Crippen LogP contribution in [-0.2, 0) is 9.53 Å². The molecule has 0 spiro atoms. The number of nitro benzene ring substituents is 1. The van der Waals surface area contributed by atoms with Crippen molar-refractivity contribution in [2.75, 3.05) is 12.4 Å². The minimum atomic E-state index is -0.861. The Hall–Kier alpha value is -1.63. The lowest BCUT2D eigenvalue weighted by Crippen LogP contribution is -2.29. The molecule has 0 heterocycles. The van der Waals surface area contributed by atoms with E-state index < -0.39 is 17.0 Å². The SMILES string of the molecule is COC(=O)C(CCCBr)Oc1cc(C)c(C(C)C)cc1[N+](=O)[O-]. The zero-order valence-corrected chi connectivity index (χ0v) is 15.4. The molecule has 128 valence electrons. The molecule has 23 heavy (non-hydrogen) atoms. The summed E-state index contributed by atoms with van der Waals surface area (Å²) >= 11 is 3.29. The number of methoxy groups -OCH3 is 1. The minimum Gasteiger partial charge on any atom is -0.472 e. The molecular formula is C16H22BrNO5. The van der Waals surface area contributed by atoms with E-state index in [1.165, 1.54) is 13.2 Å². The third kappa shape index (κ3) is 5.20. The quantitative estimate of drug-likeness (QED) is 0.290. The summed E-state index contributed by atoms with van der Waals surface area (Å²) in [6, 6.07) is 3.14. The van der Waals surface area contributed by atoms with Crippen LogP contribution in [0.5, 0.6) is 5.75 Å². The fourth-order valence-corrected chi connectivity index (χ4v) is 2.64. The second kappa shape index (κ2) is 8.86. The van der Waals surface area contributed by atoms with Crippen LogP contribution in [0.3, 0.4) is 0 Å². The van der Waals surface area contributed by atoms with Crippen molar-refractivity contribution in [2.45, 2.75) is 45.6 Å². The standard InChI is InChI=1S/C16H22BrNO5/c1-10(2)12-9-13(18(20)21)15(8-11(12)3)23-14(6-5-7-17)16(19)22-4/h8-10,14H,5-7H2,1-4H3. The highest BCUT2D eigenvalue weighted by Crippen LogP contribution is 2.34. The molecular weight excluding hydrogens is 366 g/mol. The molecule has 0 saturated heterocycles. The van der Waals surface area contributed by atoms with Crippen molar-refractivity contribution in [3.05, 3.63) is 33.4 Å². The van der Waals surface area contributed by atoms with Gasteiger partial charge >= 0.3 is 11.7 Å². The van der Waals surface area contributed by atoms with Crippen LogP contribution in [0.2, 0.25) is 0 Å². The highest BCUT2D eigenvalue weighted by Gasteiger charge is 2.26. The average Bonchev–Trinajstić information content (AvgIpc) is 2.49. The van der Waals surface area contributed by atoms with Crippen LogP contribution in [0, 0.1) is 17.0 Å². The molecule has 0 amide bonds. The van der Waals surface area contributed by atoms with E-state index in [-0.39, 0.29) is 17.4 Å². The van der Waals surface area contributed by atoms with Crippen molar-refractivity contribution in [2.24, 2.45) is 0 Å². The summed E-state index contributed by atoms with van der Waals surface area (Å²) in [7, 11) is 1.27. The maximum absolute atomic E-state index is 11.8. The zero-order valence-electron chi connectivity index (χ0n) is 13.8. The van der Waals surface area contributed by atoms with E-state index in [0.717, 1.165) is 11.1 Å². The van der Waals surface area contributed by atoms with Crippen LogP contribution in [0.15, 0.2) is 12.1 Å². The Morgan fingerprint density at radius 2 is 2.04 bits per heavy atom. The van der Waals surface area contributed by atoms with Crippen LogP contribution in [0.1, 0.15) is 43.7 Å². The zero-order chi connectivity index (χ0) is 17.6. The number of rotatable bonds is 8. The van der Waals surface area contributed by atoms with Crippen LogP contribution in [-0.4, -0.2) is 29.4 Å². The molecule has 1 aromatic carbocycles. The van der Waals surface area contributed by atoms with Gasteiger partial charge in [0.05, 0.1) is 12.0 Å². The smallest absolute Gasteiger partial charge is 0.347 e. The van der Waals surface area contributed by atoms with Gasteiger partial charge in [-0.3, -0.25) is 10.1 Å².